The molecule has 0 saturated carbocycles. The number of rotatable bonds is 6. The van der Waals surface area contributed by atoms with Crippen LogP contribution in [0.5, 0.6) is 5.75 Å². The molecular formula is C12H14BrN5OS. The lowest BCUT2D eigenvalue weighted by Crippen LogP contribution is -2.07. The van der Waals surface area contributed by atoms with Crippen molar-refractivity contribution in [3.05, 3.63) is 34.6 Å². The van der Waals surface area contributed by atoms with E-state index in [1.807, 2.05) is 24.3 Å². The predicted octanol–water partition coefficient (Wildman–Crippen LogP) is 2.11. The summed E-state index contributed by atoms with van der Waals surface area (Å²) in [4.78, 5) is 11.7. The second kappa shape index (κ2) is 7.30. The molecule has 1 heterocycles. The van der Waals surface area contributed by atoms with Crippen LogP contribution in [0.25, 0.3) is 0 Å². The molecule has 0 unspecified atom stereocenters. The summed E-state index contributed by atoms with van der Waals surface area (Å²) < 4.78 is 6.62. The van der Waals surface area contributed by atoms with Gasteiger partial charge in [0, 0.05) is 10.2 Å². The Morgan fingerprint density at radius 3 is 2.60 bits per heavy atom. The number of aromatic nitrogens is 3. The lowest BCUT2D eigenvalue weighted by molar-refractivity contribution is 0.343. The number of hydrogen-bond acceptors (Lipinski definition) is 7. The third-order valence-corrected chi connectivity index (χ3v) is 3.65. The summed E-state index contributed by atoms with van der Waals surface area (Å²) in [6.45, 7) is 0.608. The monoisotopic (exact) mass is 355 g/mol. The molecule has 0 amide bonds. The normalized spacial score (nSPS) is 10.4. The number of ether oxygens (including phenoxy) is 1. The average Bonchev–Trinajstić information content (AvgIpc) is 2.37. The molecule has 0 aliphatic carbocycles. The molecule has 8 heteroatoms. The van der Waals surface area contributed by atoms with E-state index in [2.05, 4.69) is 30.9 Å². The first kappa shape index (κ1) is 14.9. The third-order valence-electron chi connectivity index (χ3n) is 2.24. The number of nitrogens with zero attached hydrogens (tertiary/aromatic N) is 3. The van der Waals surface area contributed by atoms with Crippen molar-refractivity contribution in [2.45, 2.75) is 5.75 Å². The maximum absolute atomic E-state index is 5.62. The van der Waals surface area contributed by atoms with Gasteiger partial charge >= 0.3 is 0 Å². The van der Waals surface area contributed by atoms with E-state index in [-0.39, 0.29) is 11.9 Å². The summed E-state index contributed by atoms with van der Waals surface area (Å²) >= 11 is 5.04. The second-order valence-electron chi connectivity index (χ2n) is 3.83. The van der Waals surface area contributed by atoms with Crippen LogP contribution in [-0.2, 0) is 5.75 Å². The Balaban J connectivity index is 1.71. The predicted molar refractivity (Wildman–Crippen MR) is 84.5 cm³/mol. The van der Waals surface area contributed by atoms with Crippen molar-refractivity contribution in [2.24, 2.45) is 0 Å². The van der Waals surface area contributed by atoms with Gasteiger partial charge in [-0.25, -0.2) is 0 Å². The summed E-state index contributed by atoms with van der Waals surface area (Å²) in [5, 5.41) is 0. The van der Waals surface area contributed by atoms with Gasteiger partial charge in [0.25, 0.3) is 0 Å². The van der Waals surface area contributed by atoms with E-state index >= 15 is 0 Å². The van der Waals surface area contributed by atoms with Crippen LogP contribution in [0.2, 0.25) is 0 Å². The zero-order valence-electron chi connectivity index (χ0n) is 10.6. The fraction of sp³-hybridized carbons (Fsp3) is 0.250. The largest absolute Gasteiger partial charge is 0.493 e. The summed E-state index contributed by atoms with van der Waals surface area (Å²) in [5.41, 5.74) is 11.0. The maximum Gasteiger partial charge on any atom is 0.225 e. The Kier molecular flexibility index (Phi) is 5.42. The lowest BCUT2D eigenvalue weighted by Gasteiger charge is -2.06. The summed E-state index contributed by atoms with van der Waals surface area (Å²) in [7, 11) is 0. The Morgan fingerprint density at radius 2 is 1.90 bits per heavy atom. The molecule has 0 atom stereocenters. The molecule has 1 aromatic heterocycles. The van der Waals surface area contributed by atoms with Crippen molar-refractivity contribution in [1.29, 1.82) is 0 Å². The molecule has 1 aromatic carbocycles. The van der Waals surface area contributed by atoms with Crippen molar-refractivity contribution < 1.29 is 4.74 Å². The first-order valence-electron chi connectivity index (χ1n) is 5.85. The lowest BCUT2D eigenvalue weighted by atomic mass is 10.3. The summed E-state index contributed by atoms with van der Waals surface area (Å²) in [6, 6.07) is 7.74. The van der Waals surface area contributed by atoms with E-state index in [9.17, 15) is 0 Å². The SMILES string of the molecule is Nc1nc(N)nc(CSCCOc2cccc(Br)c2)n1. The average molecular weight is 356 g/mol. The minimum Gasteiger partial charge on any atom is -0.493 e. The molecule has 4 N–H and O–H groups in total. The smallest absolute Gasteiger partial charge is 0.225 e. The Morgan fingerprint density at radius 1 is 1.15 bits per heavy atom. The maximum atomic E-state index is 5.62. The Hall–Kier alpha value is -1.54. The van der Waals surface area contributed by atoms with Crippen LogP contribution in [0.3, 0.4) is 0 Å². The molecule has 2 aromatic rings. The first-order valence-corrected chi connectivity index (χ1v) is 7.80. The molecule has 6 nitrogen and oxygen atoms in total. The van der Waals surface area contributed by atoms with Gasteiger partial charge in [-0.1, -0.05) is 22.0 Å². The highest BCUT2D eigenvalue weighted by Crippen LogP contribution is 2.18. The fourth-order valence-electron chi connectivity index (χ4n) is 1.46. The van der Waals surface area contributed by atoms with Crippen molar-refractivity contribution in [1.82, 2.24) is 15.0 Å². The minimum absolute atomic E-state index is 0.151. The molecule has 0 radical (unpaired) electrons. The van der Waals surface area contributed by atoms with Gasteiger partial charge in [0.15, 0.2) is 0 Å². The third kappa shape index (κ3) is 4.86. The van der Waals surface area contributed by atoms with Gasteiger partial charge in [0.2, 0.25) is 11.9 Å². The van der Waals surface area contributed by atoms with Gasteiger partial charge in [0.1, 0.15) is 11.6 Å². The molecular weight excluding hydrogens is 342 g/mol. The van der Waals surface area contributed by atoms with Crippen LogP contribution in [0.15, 0.2) is 28.7 Å². The molecule has 0 bridgehead atoms. The fourth-order valence-corrected chi connectivity index (χ4v) is 2.50. The van der Waals surface area contributed by atoms with E-state index in [1.165, 1.54) is 0 Å². The van der Waals surface area contributed by atoms with Crippen molar-refractivity contribution in [3.8, 4) is 5.75 Å². The van der Waals surface area contributed by atoms with Gasteiger partial charge < -0.3 is 16.2 Å². The molecule has 0 spiro atoms. The number of nitrogens with two attached hydrogens (primary N) is 2. The zero-order chi connectivity index (χ0) is 14.4. The van der Waals surface area contributed by atoms with Gasteiger partial charge in [-0.3, -0.25) is 0 Å². The highest BCUT2D eigenvalue weighted by Gasteiger charge is 2.02. The summed E-state index contributed by atoms with van der Waals surface area (Å²) in [5.74, 6) is 3.17. The second-order valence-corrected chi connectivity index (χ2v) is 5.85. The van der Waals surface area contributed by atoms with Crippen LogP contribution in [0.4, 0.5) is 11.9 Å². The molecule has 0 fully saturated rings. The number of nitrogen functional groups attached to an aromatic ring is 2. The Bertz CT molecular complexity index is 563. The standard InChI is InChI=1S/C12H14BrN5OS/c13-8-2-1-3-9(6-8)19-4-5-20-7-10-16-11(14)18-12(15)17-10/h1-3,6H,4-5,7H2,(H4,14,15,16,17,18). The van der Waals surface area contributed by atoms with Crippen LogP contribution in [0.1, 0.15) is 5.82 Å². The number of hydrogen-bond donors (Lipinski definition) is 2. The van der Waals surface area contributed by atoms with Gasteiger partial charge in [-0.05, 0) is 18.2 Å². The summed E-state index contributed by atoms with van der Waals surface area (Å²) in [6.07, 6.45) is 0. The van der Waals surface area contributed by atoms with E-state index in [0.29, 0.717) is 18.2 Å². The van der Waals surface area contributed by atoms with E-state index in [4.69, 9.17) is 16.2 Å². The molecule has 0 aliphatic heterocycles. The van der Waals surface area contributed by atoms with Crippen LogP contribution >= 0.6 is 27.7 Å². The number of benzene rings is 1. The first-order chi connectivity index (χ1) is 9.63. The number of thioether (sulfide) groups is 1. The van der Waals surface area contributed by atoms with Crippen LogP contribution in [0, 0.1) is 0 Å². The van der Waals surface area contributed by atoms with Crippen molar-refractivity contribution >= 4 is 39.6 Å². The quantitative estimate of drug-likeness (QED) is 0.765. The highest BCUT2D eigenvalue weighted by atomic mass is 79.9. The van der Waals surface area contributed by atoms with Crippen molar-refractivity contribution in [2.75, 3.05) is 23.8 Å². The highest BCUT2D eigenvalue weighted by molar-refractivity contribution is 9.10. The van der Waals surface area contributed by atoms with Gasteiger partial charge in [-0.2, -0.15) is 26.7 Å². The number of halogens is 1. The van der Waals surface area contributed by atoms with E-state index < -0.39 is 0 Å². The van der Waals surface area contributed by atoms with E-state index in [0.717, 1.165) is 16.0 Å². The van der Waals surface area contributed by atoms with E-state index in [1.54, 1.807) is 11.8 Å². The molecule has 2 rings (SSSR count). The molecule has 20 heavy (non-hydrogen) atoms. The van der Waals surface area contributed by atoms with Crippen LogP contribution in [-0.4, -0.2) is 27.3 Å². The molecule has 106 valence electrons. The molecule has 0 saturated heterocycles. The van der Waals surface area contributed by atoms with Gasteiger partial charge in [-0.15, -0.1) is 0 Å². The van der Waals surface area contributed by atoms with Gasteiger partial charge in [0.05, 0.1) is 12.4 Å². The zero-order valence-corrected chi connectivity index (χ0v) is 13.0. The number of anilines is 2. The van der Waals surface area contributed by atoms with Crippen LogP contribution < -0.4 is 16.2 Å². The van der Waals surface area contributed by atoms with Crippen molar-refractivity contribution in [3.63, 3.8) is 0 Å². The molecule has 0 aliphatic rings. The Labute approximate surface area is 129 Å². The minimum atomic E-state index is 0.151. The topological polar surface area (TPSA) is 99.9 Å².